The number of hydrogen-bond donors (Lipinski definition) is 2. The van der Waals surface area contributed by atoms with Crippen LogP contribution in [0.5, 0.6) is 0 Å². The molecular weight excluding hydrogens is 280 g/mol. The van der Waals surface area contributed by atoms with E-state index >= 15 is 0 Å². The molecule has 102 valence electrons. The molecule has 1 heterocycles. The Morgan fingerprint density at radius 3 is 2.50 bits per heavy atom. The Morgan fingerprint density at radius 2 is 1.85 bits per heavy atom. The normalized spacial score (nSPS) is 11.3. The van der Waals surface area contributed by atoms with Crippen molar-refractivity contribution in [2.24, 2.45) is 0 Å². The highest BCUT2D eigenvalue weighted by atomic mass is 32.2. The summed E-state index contributed by atoms with van der Waals surface area (Å²) in [4.78, 5) is 22.4. The van der Waals surface area contributed by atoms with Gasteiger partial charge in [0.05, 0.1) is 6.20 Å². The van der Waals surface area contributed by atoms with Crippen LogP contribution in [0.15, 0.2) is 53.6 Å². The first-order valence-corrected chi connectivity index (χ1v) is 6.31. The van der Waals surface area contributed by atoms with E-state index in [0.717, 1.165) is 4.90 Å². The van der Waals surface area contributed by atoms with Crippen LogP contribution in [0.3, 0.4) is 0 Å². The molecule has 1 aromatic carbocycles. The Bertz CT molecular complexity index is 664. The molecule has 0 aliphatic heterocycles. The Hall–Kier alpha value is -2.54. The molecule has 7 heteroatoms. The average molecular weight is 290 g/mol. The molecule has 2 aromatic rings. The number of ketones is 1. The summed E-state index contributed by atoms with van der Waals surface area (Å²) in [6.45, 7) is 0. The van der Waals surface area contributed by atoms with E-state index < -0.39 is 17.5 Å². The molecule has 0 radical (unpaired) electrons. The summed E-state index contributed by atoms with van der Waals surface area (Å²) in [5.41, 5.74) is 0.244. The van der Waals surface area contributed by atoms with Crippen LogP contribution in [-0.4, -0.2) is 31.2 Å². The number of aliphatic hydroxyl groups is 1. The lowest BCUT2D eigenvalue weighted by atomic mass is 10.3. The van der Waals surface area contributed by atoms with Crippen molar-refractivity contribution in [3.63, 3.8) is 0 Å². The van der Waals surface area contributed by atoms with Crippen molar-refractivity contribution in [1.29, 1.82) is 0 Å². The van der Waals surface area contributed by atoms with Crippen molar-refractivity contribution >= 4 is 29.5 Å². The SMILES string of the molecule is O=C(O)C(=O)C=C(O)c1ccnn1Sc1ccccc1. The van der Waals surface area contributed by atoms with Crippen LogP contribution in [0.1, 0.15) is 5.69 Å². The first kappa shape index (κ1) is 13.9. The molecule has 0 saturated carbocycles. The minimum absolute atomic E-state index is 0.244. The number of benzene rings is 1. The summed E-state index contributed by atoms with van der Waals surface area (Å²) in [7, 11) is 0. The number of carboxylic acids is 1. The lowest BCUT2D eigenvalue weighted by Gasteiger charge is -2.05. The van der Waals surface area contributed by atoms with Gasteiger partial charge in [0, 0.05) is 22.9 Å². The topological polar surface area (TPSA) is 92.4 Å². The van der Waals surface area contributed by atoms with Crippen LogP contribution in [0.4, 0.5) is 0 Å². The molecule has 2 rings (SSSR count). The largest absolute Gasteiger partial charge is 0.506 e. The van der Waals surface area contributed by atoms with E-state index in [2.05, 4.69) is 5.10 Å². The maximum Gasteiger partial charge on any atom is 0.376 e. The Morgan fingerprint density at radius 1 is 1.15 bits per heavy atom. The van der Waals surface area contributed by atoms with Crippen molar-refractivity contribution < 1.29 is 19.8 Å². The highest BCUT2D eigenvalue weighted by Gasteiger charge is 2.14. The number of aromatic nitrogens is 2. The zero-order valence-electron chi connectivity index (χ0n) is 10.1. The number of carbonyl (C=O) groups is 2. The number of aliphatic carboxylic acids is 1. The molecule has 0 amide bonds. The van der Waals surface area contributed by atoms with E-state index in [-0.39, 0.29) is 5.69 Å². The van der Waals surface area contributed by atoms with Gasteiger partial charge >= 0.3 is 5.97 Å². The fourth-order valence-electron chi connectivity index (χ4n) is 1.39. The second-order valence-corrected chi connectivity index (χ2v) is 4.69. The zero-order chi connectivity index (χ0) is 14.5. The van der Waals surface area contributed by atoms with Crippen molar-refractivity contribution in [2.45, 2.75) is 4.90 Å². The van der Waals surface area contributed by atoms with Gasteiger partial charge in [-0.1, -0.05) is 18.2 Å². The van der Waals surface area contributed by atoms with E-state index in [4.69, 9.17) is 5.11 Å². The number of carboxylic acid groups (broad SMARTS) is 1. The minimum Gasteiger partial charge on any atom is -0.506 e. The molecule has 0 saturated heterocycles. The monoisotopic (exact) mass is 290 g/mol. The van der Waals surface area contributed by atoms with Crippen LogP contribution in [0.25, 0.3) is 5.76 Å². The van der Waals surface area contributed by atoms with Crippen LogP contribution in [-0.2, 0) is 9.59 Å². The van der Waals surface area contributed by atoms with Gasteiger partial charge in [0.1, 0.15) is 11.5 Å². The van der Waals surface area contributed by atoms with Gasteiger partial charge in [-0.25, -0.2) is 4.79 Å². The molecule has 0 spiro atoms. The molecule has 2 N–H and O–H groups in total. The third-order valence-electron chi connectivity index (χ3n) is 2.29. The van der Waals surface area contributed by atoms with Gasteiger partial charge in [0.2, 0.25) is 0 Å². The number of aliphatic hydroxyl groups excluding tert-OH is 1. The summed E-state index contributed by atoms with van der Waals surface area (Å²) in [6, 6.07) is 10.8. The maximum atomic E-state index is 11.0. The zero-order valence-corrected chi connectivity index (χ0v) is 10.9. The fraction of sp³-hybridized carbons (Fsp3) is 0. The molecule has 0 aliphatic rings. The Labute approximate surface area is 118 Å². The van der Waals surface area contributed by atoms with Gasteiger partial charge in [-0.15, -0.1) is 0 Å². The van der Waals surface area contributed by atoms with Gasteiger partial charge in [-0.05, 0) is 18.2 Å². The second kappa shape index (κ2) is 6.07. The van der Waals surface area contributed by atoms with Crippen LogP contribution in [0, 0.1) is 0 Å². The van der Waals surface area contributed by atoms with Gasteiger partial charge < -0.3 is 10.2 Å². The van der Waals surface area contributed by atoms with Gasteiger partial charge in [0.25, 0.3) is 5.78 Å². The predicted octanol–water partition coefficient (Wildman–Crippen LogP) is 1.99. The molecule has 0 aliphatic carbocycles. The third-order valence-corrected chi connectivity index (χ3v) is 3.23. The molecule has 1 aromatic heterocycles. The maximum absolute atomic E-state index is 11.0. The summed E-state index contributed by atoms with van der Waals surface area (Å²) < 4.78 is 1.40. The quantitative estimate of drug-likeness (QED) is 0.497. The lowest BCUT2D eigenvalue weighted by molar-refractivity contribution is -0.146. The minimum atomic E-state index is -1.63. The second-order valence-electron chi connectivity index (χ2n) is 3.69. The fourth-order valence-corrected chi connectivity index (χ4v) is 2.22. The van der Waals surface area contributed by atoms with Crippen LogP contribution >= 0.6 is 11.9 Å². The van der Waals surface area contributed by atoms with Crippen molar-refractivity contribution in [1.82, 2.24) is 9.19 Å². The van der Waals surface area contributed by atoms with Gasteiger partial charge in [0.15, 0.2) is 0 Å². The van der Waals surface area contributed by atoms with Crippen LogP contribution < -0.4 is 0 Å². The third kappa shape index (κ3) is 3.27. The summed E-state index contributed by atoms with van der Waals surface area (Å²) in [5.74, 6) is -3.27. The van der Waals surface area contributed by atoms with Crippen LogP contribution in [0.2, 0.25) is 0 Å². The highest BCUT2D eigenvalue weighted by molar-refractivity contribution is 7.97. The van der Waals surface area contributed by atoms with Gasteiger partial charge in [-0.2, -0.15) is 9.19 Å². The first-order chi connectivity index (χ1) is 9.58. The average Bonchev–Trinajstić information content (AvgIpc) is 2.88. The van der Waals surface area contributed by atoms with Gasteiger partial charge in [-0.3, -0.25) is 4.79 Å². The Balaban J connectivity index is 2.25. The van der Waals surface area contributed by atoms with Crippen molar-refractivity contribution in [3.8, 4) is 0 Å². The van der Waals surface area contributed by atoms with E-state index in [1.807, 2.05) is 30.3 Å². The molecule has 0 atom stereocenters. The number of carbonyl (C=O) groups excluding carboxylic acids is 1. The molecule has 0 fully saturated rings. The molecule has 0 unspecified atom stereocenters. The summed E-state index contributed by atoms with van der Waals surface area (Å²) in [5, 5.41) is 22.3. The van der Waals surface area contributed by atoms with Crippen molar-refractivity contribution in [3.05, 3.63) is 54.4 Å². The van der Waals surface area contributed by atoms with Crippen molar-refractivity contribution in [2.75, 3.05) is 0 Å². The Kier molecular flexibility index (Phi) is 4.21. The highest BCUT2D eigenvalue weighted by Crippen LogP contribution is 2.23. The van der Waals surface area contributed by atoms with E-state index in [0.29, 0.717) is 6.08 Å². The number of nitrogens with zero attached hydrogens (tertiary/aromatic N) is 2. The summed E-state index contributed by atoms with van der Waals surface area (Å²) in [6.07, 6.45) is 2.10. The van der Waals surface area contributed by atoms with E-state index in [1.165, 1.54) is 28.3 Å². The standard InChI is InChI=1S/C13H10N2O4S/c16-11(8-12(17)13(18)19)10-6-7-14-15(10)20-9-4-2-1-3-5-9/h1-8,16H,(H,18,19). The predicted molar refractivity (Wildman–Crippen MR) is 73.2 cm³/mol. The summed E-state index contributed by atoms with van der Waals surface area (Å²) >= 11 is 1.23. The first-order valence-electron chi connectivity index (χ1n) is 5.53. The number of rotatable bonds is 5. The molecular formula is C13H10N2O4S. The van der Waals surface area contributed by atoms with E-state index in [1.54, 1.807) is 0 Å². The number of hydrogen-bond acceptors (Lipinski definition) is 5. The molecule has 6 nitrogen and oxygen atoms in total. The lowest BCUT2D eigenvalue weighted by Crippen LogP contribution is -2.10. The van der Waals surface area contributed by atoms with E-state index in [9.17, 15) is 14.7 Å². The molecule has 0 bridgehead atoms. The molecule has 20 heavy (non-hydrogen) atoms. The smallest absolute Gasteiger partial charge is 0.376 e.